The van der Waals surface area contributed by atoms with Crippen LogP contribution < -0.4 is 10.1 Å². The zero-order chi connectivity index (χ0) is 15.2. The number of hydrogen-bond acceptors (Lipinski definition) is 6. The Morgan fingerprint density at radius 1 is 1.29 bits per heavy atom. The summed E-state index contributed by atoms with van der Waals surface area (Å²) in [7, 11) is 0. The summed E-state index contributed by atoms with van der Waals surface area (Å²) in [6.45, 7) is 4.68. The van der Waals surface area contributed by atoms with Gasteiger partial charge in [-0.15, -0.1) is 0 Å². The van der Waals surface area contributed by atoms with Crippen LogP contribution in [0.25, 0.3) is 0 Å². The lowest BCUT2D eigenvalue weighted by Gasteiger charge is -2.08. The SMILES string of the molecule is CCCNc1nc(C)cc(Oc2ccc([N+](=O)[O-])cc2)n1. The Bertz CT molecular complexity index is 629. The average molecular weight is 288 g/mol. The van der Waals surface area contributed by atoms with Gasteiger partial charge in [-0.2, -0.15) is 4.98 Å². The number of nitro groups is 1. The number of nitrogens with one attached hydrogen (secondary N) is 1. The van der Waals surface area contributed by atoms with Crippen LogP contribution in [0.1, 0.15) is 19.0 Å². The van der Waals surface area contributed by atoms with E-state index in [0.29, 0.717) is 17.6 Å². The summed E-state index contributed by atoms with van der Waals surface area (Å²) in [5.41, 5.74) is 0.798. The first-order chi connectivity index (χ1) is 10.1. The highest BCUT2D eigenvalue weighted by atomic mass is 16.6. The van der Waals surface area contributed by atoms with Gasteiger partial charge in [-0.25, -0.2) is 4.98 Å². The van der Waals surface area contributed by atoms with E-state index in [2.05, 4.69) is 22.2 Å². The molecule has 0 aliphatic rings. The third-order valence-electron chi connectivity index (χ3n) is 2.63. The first kappa shape index (κ1) is 14.7. The van der Waals surface area contributed by atoms with Crippen LogP contribution in [-0.2, 0) is 0 Å². The molecule has 0 saturated carbocycles. The number of anilines is 1. The molecule has 1 heterocycles. The number of benzene rings is 1. The minimum atomic E-state index is -0.453. The number of aryl methyl sites for hydroxylation is 1. The van der Waals surface area contributed by atoms with E-state index < -0.39 is 4.92 Å². The third kappa shape index (κ3) is 4.13. The number of aromatic nitrogens is 2. The van der Waals surface area contributed by atoms with E-state index in [1.54, 1.807) is 6.07 Å². The molecule has 1 aromatic carbocycles. The standard InChI is InChI=1S/C14H16N4O3/c1-3-8-15-14-16-10(2)9-13(17-14)21-12-6-4-11(5-7-12)18(19)20/h4-7,9H,3,8H2,1-2H3,(H,15,16,17). The number of non-ortho nitro benzene ring substituents is 1. The average Bonchev–Trinajstić information content (AvgIpc) is 2.45. The van der Waals surface area contributed by atoms with E-state index in [0.717, 1.165) is 18.7 Å². The predicted molar refractivity (Wildman–Crippen MR) is 78.7 cm³/mol. The van der Waals surface area contributed by atoms with Crippen molar-refractivity contribution in [2.75, 3.05) is 11.9 Å². The predicted octanol–water partition coefficient (Wildman–Crippen LogP) is 3.31. The second-order valence-electron chi connectivity index (χ2n) is 4.45. The lowest BCUT2D eigenvalue weighted by atomic mass is 10.3. The van der Waals surface area contributed by atoms with E-state index in [-0.39, 0.29) is 5.69 Å². The topological polar surface area (TPSA) is 90.2 Å². The Morgan fingerprint density at radius 2 is 2.00 bits per heavy atom. The summed E-state index contributed by atoms with van der Waals surface area (Å²) in [6, 6.07) is 7.56. The normalized spacial score (nSPS) is 10.2. The Morgan fingerprint density at radius 3 is 2.62 bits per heavy atom. The molecule has 2 aromatic rings. The molecule has 1 N–H and O–H groups in total. The zero-order valence-electron chi connectivity index (χ0n) is 11.9. The van der Waals surface area contributed by atoms with Crippen molar-refractivity contribution in [1.82, 2.24) is 9.97 Å². The van der Waals surface area contributed by atoms with Gasteiger partial charge in [0, 0.05) is 30.4 Å². The Labute approximate surface area is 122 Å². The summed E-state index contributed by atoms with van der Waals surface area (Å²) in [4.78, 5) is 18.6. The molecule has 7 heteroatoms. The molecule has 7 nitrogen and oxygen atoms in total. The Kier molecular flexibility index (Phi) is 4.65. The van der Waals surface area contributed by atoms with Crippen molar-refractivity contribution in [2.45, 2.75) is 20.3 Å². The summed E-state index contributed by atoms with van der Waals surface area (Å²) in [5.74, 6) is 1.39. The van der Waals surface area contributed by atoms with Gasteiger partial charge in [0.25, 0.3) is 5.69 Å². The van der Waals surface area contributed by atoms with Crippen LogP contribution in [0.2, 0.25) is 0 Å². The fourth-order valence-electron chi connectivity index (χ4n) is 1.66. The van der Waals surface area contributed by atoms with Crippen LogP contribution in [0.3, 0.4) is 0 Å². The van der Waals surface area contributed by atoms with Crippen molar-refractivity contribution in [2.24, 2.45) is 0 Å². The minimum absolute atomic E-state index is 0.0199. The fraction of sp³-hybridized carbons (Fsp3) is 0.286. The van der Waals surface area contributed by atoms with Gasteiger partial charge in [-0.3, -0.25) is 10.1 Å². The summed E-state index contributed by atoms with van der Waals surface area (Å²) in [5, 5.41) is 13.7. The first-order valence-corrected chi connectivity index (χ1v) is 6.60. The van der Waals surface area contributed by atoms with Crippen LogP contribution in [0.5, 0.6) is 11.6 Å². The molecule has 0 aliphatic heterocycles. The number of rotatable bonds is 6. The van der Waals surface area contributed by atoms with E-state index in [1.807, 2.05) is 6.92 Å². The third-order valence-corrected chi connectivity index (χ3v) is 2.63. The van der Waals surface area contributed by atoms with Crippen LogP contribution in [0.4, 0.5) is 11.6 Å². The maximum Gasteiger partial charge on any atom is 0.269 e. The minimum Gasteiger partial charge on any atom is -0.439 e. The van der Waals surface area contributed by atoms with E-state index in [4.69, 9.17) is 4.74 Å². The van der Waals surface area contributed by atoms with Crippen molar-refractivity contribution < 1.29 is 9.66 Å². The maximum atomic E-state index is 10.6. The quantitative estimate of drug-likeness (QED) is 0.647. The van der Waals surface area contributed by atoms with Gasteiger partial charge < -0.3 is 10.1 Å². The molecule has 110 valence electrons. The van der Waals surface area contributed by atoms with E-state index in [9.17, 15) is 10.1 Å². The summed E-state index contributed by atoms with van der Waals surface area (Å²) >= 11 is 0. The largest absolute Gasteiger partial charge is 0.439 e. The highest BCUT2D eigenvalue weighted by molar-refractivity contribution is 5.38. The molecule has 0 bridgehead atoms. The van der Waals surface area contributed by atoms with Crippen molar-refractivity contribution in [1.29, 1.82) is 0 Å². The molecule has 0 amide bonds. The van der Waals surface area contributed by atoms with Gasteiger partial charge in [-0.1, -0.05) is 6.92 Å². The molecule has 0 saturated heterocycles. The maximum absolute atomic E-state index is 10.6. The second-order valence-corrected chi connectivity index (χ2v) is 4.45. The number of nitrogens with zero attached hydrogens (tertiary/aromatic N) is 3. The molecular weight excluding hydrogens is 272 g/mol. The molecule has 0 radical (unpaired) electrons. The second kappa shape index (κ2) is 6.65. The van der Waals surface area contributed by atoms with Crippen molar-refractivity contribution in [3.63, 3.8) is 0 Å². The molecule has 0 atom stereocenters. The van der Waals surface area contributed by atoms with Gasteiger partial charge >= 0.3 is 0 Å². The van der Waals surface area contributed by atoms with E-state index in [1.165, 1.54) is 24.3 Å². The molecule has 0 aliphatic carbocycles. The van der Waals surface area contributed by atoms with Gasteiger partial charge in [-0.05, 0) is 25.5 Å². The molecular formula is C14H16N4O3. The molecule has 0 unspecified atom stereocenters. The lowest BCUT2D eigenvalue weighted by Crippen LogP contribution is -2.05. The summed E-state index contributed by atoms with van der Waals surface area (Å²) in [6.07, 6.45) is 0.968. The zero-order valence-corrected chi connectivity index (χ0v) is 11.9. The molecule has 21 heavy (non-hydrogen) atoms. The smallest absolute Gasteiger partial charge is 0.269 e. The number of ether oxygens (including phenoxy) is 1. The van der Waals surface area contributed by atoms with Gasteiger partial charge in [0.2, 0.25) is 11.8 Å². The summed E-state index contributed by atoms with van der Waals surface area (Å²) < 4.78 is 5.60. The number of nitro benzene ring substituents is 1. The van der Waals surface area contributed by atoms with Crippen LogP contribution in [0, 0.1) is 17.0 Å². The van der Waals surface area contributed by atoms with Gasteiger partial charge in [0.05, 0.1) is 4.92 Å². The van der Waals surface area contributed by atoms with Gasteiger partial charge in [0.1, 0.15) is 5.75 Å². The van der Waals surface area contributed by atoms with Crippen LogP contribution >= 0.6 is 0 Å². The van der Waals surface area contributed by atoms with Crippen LogP contribution in [-0.4, -0.2) is 21.4 Å². The Hall–Kier alpha value is -2.70. The molecule has 1 aromatic heterocycles. The highest BCUT2D eigenvalue weighted by Gasteiger charge is 2.07. The molecule has 2 rings (SSSR count). The van der Waals surface area contributed by atoms with Crippen LogP contribution in [0.15, 0.2) is 30.3 Å². The molecule has 0 fully saturated rings. The van der Waals surface area contributed by atoms with Crippen molar-refractivity contribution in [3.8, 4) is 11.6 Å². The highest BCUT2D eigenvalue weighted by Crippen LogP contribution is 2.23. The van der Waals surface area contributed by atoms with Gasteiger partial charge in [0.15, 0.2) is 0 Å². The fourth-order valence-corrected chi connectivity index (χ4v) is 1.66. The lowest BCUT2D eigenvalue weighted by molar-refractivity contribution is -0.384. The number of hydrogen-bond donors (Lipinski definition) is 1. The van der Waals surface area contributed by atoms with Crippen molar-refractivity contribution >= 4 is 11.6 Å². The Balaban J connectivity index is 2.14. The first-order valence-electron chi connectivity index (χ1n) is 6.60. The van der Waals surface area contributed by atoms with E-state index >= 15 is 0 Å². The molecule has 0 spiro atoms. The monoisotopic (exact) mass is 288 g/mol. The van der Waals surface area contributed by atoms with Crippen molar-refractivity contribution in [3.05, 3.63) is 46.1 Å².